The van der Waals surface area contributed by atoms with Gasteiger partial charge in [-0.25, -0.2) is 4.79 Å². The molecule has 0 rings (SSSR count). The van der Waals surface area contributed by atoms with E-state index in [0.717, 1.165) is 64.5 Å². The summed E-state index contributed by atoms with van der Waals surface area (Å²) in [5.74, 6) is 0. The van der Waals surface area contributed by atoms with Gasteiger partial charge in [-0.3, -0.25) is 0 Å². The molecule has 0 saturated carbocycles. The molecule has 0 aromatic carbocycles. The maximum Gasteiger partial charge on any atom is 0.407 e. The number of hydrogen-bond acceptors (Lipinski definition) is 6. The van der Waals surface area contributed by atoms with Crippen molar-refractivity contribution in [3.63, 3.8) is 0 Å². The summed E-state index contributed by atoms with van der Waals surface area (Å²) in [7, 11) is 2.04. The number of rotatable bonds is 18. The molecular weight excluding hydrogens is 336 g/mol. The van der Waals surface area contributed by atoms with Gasteiger partial charge in [0.15, 0.2) is 0 Å². The Bertz CT molecular complexity index is 306. The molecule has 0 aliphatic rings. The third kappa shape index (κ3) is 16.6. The number of hydrogen-bond donors (Lipinski definition) is 3. The van der Waals surface area contributed by atoms with Crippen molar-refractivity contribution >= 4 is 6.09 Å². The minimum absolute atomic E-state index is 0.105. The molecule has 26 heavy (non-hydrogen) atoms. The molecule has 156 valence electrons. The highest BCUT2D eigenvalue weighted by molar-refractivity contribution is 5.67. The Labute approximate surface area is 159 Å². The first-order valence-electron chi connectivity index (χ1n) is 10.1. The molecule has 0 radical (unpaired) electrons. The molecule has 0 atom stereocenters. The van der Waals surface area contributed by atoms with Crippen LogP contribution < -0.4 is 5.32 Å². The number of carbonyl (C=O) groups is 1. The van der Waals surface area contributed by atoms with Crippen LogP contribution in [0.4, 0.5) is 4.79 Å². The molecule has 1 amide bonds. The van der Waals surface area contributed by atoms with Gasteiger partial charge < -0.3 is 29.9 Å². The molecule has 0 heterocycles. The third-order valence-corrected chi connectivity index (χ3v) is 4.32. The molecule has 0 aliphatic heterocycles. The fourth-order valence-corrected chi connectivity index (χ4v) is 2.48. The van der Waals surface area contributed by atoms with Crippen LogP contribution in [0.3, 0.4) is 0 Å². The summed E-state index contributed by atoms with van der Waals surface area (Å²) in [4.78, 5) is 14.1. The fraction of sp³-hybridized carbons (Fsp3) is 0.947. The van der Waals surface area contributed by atoms with Crippen LogP contribution in [0.5, 0.6) is 0 Å². The zero-order valence-electron chi connectivity index (χ0n) is 16.8. The largest absolute Gasteiger partial charge is 0.446 e. The molecular formula is C19H40N2O5. The summed E-state index contributed by atoms with van der Waals surface area (Å²) in [6, 6.07) is 0. The molecule has 0 unspecified atom stereocenters. The van der Waals surface area contributed by atoms with E-state index in [1.165, 1.54) is 0 Å². The number of aliphatic hydroxyl groups is 2. The Hall–Kier alpha value is -0.890. The second-order valence-corrected chi connectivity index (χ2v) is 6.61. The van der Waals surface area contributed by atoms with Gasteiger partial charge in [-0.15, -0.1) is 0 Å². The second kappa shape index (κ2) is 18.9. The van der Waals surface area contributed by atoms with Gasteiger partial charge in [0.25, 0.3) is 0 Å². The van der Waals surface area contributed by atoms with E-state index in [4.69, 9.17) is 19.7 Å². The molecule has 7 nitrogen and oxygen atoms in total. The number of amides is 1. The van der Waals surface area contributed by atoms with Crippen LogP contribution in [0, 0.1) is 0 Å². The van der Waals surface area contributed by atoms with Crippen LogP contribution >= 0.6 is 0 Å². The SMILES string of the molecule is CCN(C)CCOCCNC(=O)OC(CCCCCO)CCCCCO. The summed E-state index contributed by atoms with van der Waals surface area (Å²) < 4.78 is 11.0. The van der Waals surface area contributed by atoms with E-state index in [0.29, 0.717) is 19.8 Å². The summed E-state index contributed by atoms with van der Waals surface area (Å²) in [6.45, 7) is 5.95. The van der Waals surface area contributed by atoms with E-state index in [1.807, 2.05) is 7.05 Å². The number of alkyl carbamates (subject to hydrolysis) is 1. The van der Waals surface area contributed by atoms with Crippen LogP contribution in [0.2, 0.25) is 0 Å². The first-order valence-corrected chi connectivity index (χ1v) is 10.1. The molecule has 0 bridgehead atoms. The first kappa shape index (κ1) is 25.1. The first-order chi connectivity index (χ1) is 12.6. The van der Waals surface area contributed by atoms with Crippen molar-refractivity contribution in [3.05, 3.63) is 0 Å². The molecule has 0 spiro atoms. The van der Waals surface area contributed by atoms with Crippen LogP contribution in [0.25, 0.3) is 0 Å². The molecule has 0 aromatic rings. The average Bonchev–Trinajstić information content (AvgIpc) is 2.64. The number of likely N-dealkylation sites (N-methyl/N-ethyl adjacent to an activating group) is 1. The van der Waals surface area contributed by atoms with Crippen molar-refractivity contribution in [3.8, 4) is 0 Å². The smallest absolute Gasteiger partial charge is 0.407 e. The predicted octanol–water partition coefficient (Wildman–Crippen LogP) is 2.15. The van der Waals surface area contributed by atoms with E-state index >= 15 is 0 Å². The minimum Gasteiger partial charge on any atom is -0.446 e. The highest BCUT2D eigenvalue weighted by Crippen LogP contribution is 2.14. The van der Waals surface area contributed by atoms with Gasteiger partial charge in [-0.1, -0.05) is 19.8 Å². The Morgan fingerprint density at radius 1 is 1.00 bits per heavy atom. The average molecular weight is 377 g/mol. The van der Waals surface area contributed by atoms with Crippen LogP contribution in [-0.2, 0) is 9.47 Å². The Kier molecular flexibility index (Phi) is 18.2. The molecule has 0 aliphatic carbocycles. The maximum absolute atomic E-state index is 11.9. The van der Waals surface area contributed by atoms with Crippen LogP contribution in [-0.4, -0.2) is 80.4 Å². The molecule has 0 aromatic heterocycles. The van der Waals surface area contributed by atoms with E-state index in [2.05, 4.69) is 17.1 Å². The lowest BCUT2D eigenvalue weighted by Crippen LogP contribution is -2.32. The van der Waals surface area contributed by atoms with Gasteiger partial charge in [-0.05, 0) is 52.1 Å². The standard InChI is InChI=1S/C19H40N2O5/c1-3-21(2)13-17-25-16-12-20-19(24)26-18(10-6-4-8-14-22)11-7-5-9-15-23/h18,22-23H,3-17H2,1-2H3,(H,20,24). The van der Waals surface area contributed by atoms with Gasteiger partial charge in [0.1, 0.15) is 6.10 Å². The highest BCUT2D eigenvalue weighted by Gasteiger charge is 2.14. The molecule has 0 saturated heterocycles. The lowest BCUT2D eigenvalue weighted by Gasteiger charge is -2.18. The second-order valence-electron chi connectivity index (χ2n) is 6.61. The zero-order valence-corrected chi connectivity index (χ0v) is 16.8. The molecule has 7 heteroatoms. The number of carbonyl (C=O) groups excluding carboxylic acids is 1. The van der Waals surface area contributed by atoms with E-state index in [9.17, 15) is 4.79 Å². The van der Waals surface area contributed by atoms with Crippen LogP contribution in [0.1, 0.15) is 58.3 Å². The van der Waals surface area contributed by atoms with Crippen molar-refractivity contribution in [2.24, 2.45) is 0 Å². The van der Waals surface area contributed by atoms with Crippen molar-refractivity contribution in [2.45, 2.75) is 64.4 Å². The van der Waals surface area contributed by atoms with Gasteiger partial charge in [0.05, 0.1) is 13.2 Å². The number of nitrogens with zero attached hydrogens (tertiary/aromatic N) is 1. The normalized spacial score (nSPS) is 11.3. The number of nitrogens with one attached hydrogen (secondary N) is 1. The minimum atomic E-state index is -0.395. The van der Waals surface area contributed by atoms with Crippen LogP contribution in [0.15, 0.2) is 0 Å². The summed E-state index contributed by atoms with van der Waals surface area (Å²) in [5, 5.41) is 20.4. The molecule has 3 N–H and O–H groups in total. The summed E-state index contributed by atoms with van der Waals surface area (Å²) >= 11 is 0. The van der Waals surface area contributed by atoms with Gasteiger partial charge in [0.2, 0.25) is 0 Å². The lowest BCUT2D eigenvalue weighted by molar-refractivity contribution is 0.0770. The lowest BCUT2D eigenvalue weighted by atomic mass is 10.0. The quantitative estimate of drug-likeness (QED) is 0.318. The summed E-state index contributed by atoms with van der Waals surface area (Å²) in [5.41, 5.74) is 0. The Morgan fingerprint density at radius 3 is 2.15 bits per heavy atom. The van der Waals surface area contributed by atoms with Gasteiger partial charge in [-0.2, -0.15) is 0 Å². The van der Waals surface area contributed by atoms with E-state index < -0.39 is 6.09 Å². The number of ether oxygens (including phenoxy) is 2. The van der Waals surface area contributed by atoms with Crippen molar-refractivity contribution in [2.75, 3.05) is 53.1 Å². The zero-order chi connectivity index (χ0) is 19.5. The topological polar surface area (TPSA) is 91.3 Å². The maximum atomic E-state index is 11.9. The van der Waals surface area contributed by atoms with Gasteiger partial charge in [0, 0.05) is 26.3 Å². The predicted molar refractivity (Wildman–Crippen MR) is 103 cm³/mol. The van der Waals surface area contributed by atoms with E-state index in [1.54, 1.807) is 0 Å². The summed E-state index contributed by atoms with van der Waals surface area (Å²) in [6.07, 6.45) is 6.45. The Balaban J connectivity index is 3.90. The van der Waals surface area contributed by atoms with Crippen molar-refractivity contribution in [1.82, 2.24) is 10.2 Å². The highest BCUT2D eigenvalue weighted by atomic mass is 16.6. The third-order valence-electron chi connectivity index (χ3n) is 4.32. The molecule has 0 fully saturated rings. The number of unbranched alkanes of at least 4 members (excludes halogenated alkanes) is 4. The number of aliphatic hydroxyl groups excluding tert-OH is 2. The fourth-order valence-electron chi connectivity index (χ4n) is 2.48. The van der Waals surface area contributed by atoms with Crippen molar-refractivity contribution < 1.29 is 24.5 Å². The van der Waals surface area contributed by atoms with Crippen molar-refractivity contribution in [1.29, 1.82) is 0 Å². The Morgan fingerprint density at radius 2 is 1.62 bits per heavy atom. The monoisotopic (exact) mass is 376 g/mol. The van der Waals surface area contributed by atoms with E-state index in [-0.39, 0.29) is 19.3 Å². The van der Waals surface area contributed by atoms with Gasteiger partial charge >= 0.3 is 6.09 Å².